The first-order valence-electron chi connectivity index (χ1n) is 10.3. The minimum absolute atomic E-state index is 0.0302. The summed E-state index contributed by atoms with van der Waals surface area (Å²) in [7, 11) is 0. The molecule has 1 saturated carbocycles. The maximum atomic E-state index is 13.9. The van der Waals surface area contributed by atoms with Crippen LogP contribution in [0.15, 0.2) is 48.8 Å². The van der Waals surface area contributed by atoms with Crippen LogP contribution in [0.5, 0.6) is 5.75 Å². The molecule has 2 aromatic carbocycles. The monoisotopic (exact) mass is 430 g/mol. The Labute approximate surface area is 180 Å². The van der Waals surface area contributed by atoms with E-state index in [1.807, 2.05) is 25.1 Å². The molecule has 30 heavy (non-hydrogen) atoms. The van der Waals surface area contributed by atoms with Gasteiger partial charge in [-0.3, -0.25) is 4.98 Å². The number of hydrogen-bond donors (Lipinski definition) is 1. The van der Waals surface area contributed by atoms with Gasteiger partial charge in [0, 0.05) is 35.3 Å². The third-order valence-electron chi connectivity index (χ3n) is 6.40. The Bertz CT molecular complexity index is 1030. The lowest BCUT2D eigenvalue weighted by molar-refractivity contribution is 0.103. The third kappa shape index (κ3) is 4.01. The van der Waals surface area contributed by atoms with Gasteiger partial charge in [-0.05, 0) is 73.4 Å². The fourth-order valence-corrected chi connectivity index (χ4v) is 4.90. The van der Waals surface area contributed by atoms with Gasteiger partial charge in [-0.25, -0.2) is 8.78 Å². The Morgan fingerprint density at radius 3 is 2.50 bits per heavy atom. The molecule has 0 aliphatic heterocycles. The highest BCUT2D eigenvalue weighted by molar-refractivity contribution is 6.32. The molecule has 4 rings (SSSR count). The average molecular weight is 431 g/mol. The maximum Gasteiger partial charge on any atom is 0.138 e. The van der Waals surface area contributed by atoms with Gasteiger partial charge in [0.2, 0.25) is 0 Å². The molecule has 0 spiro atoms. The van der Waals surface area contributed by atoms with Crippen LogP contribution in [0.2, 0.25) is 5.02 Å². The highest BCUT2D eigenvalue weighted by Crippen LogP contribution is 2.44. The minimum Gasteiger partial charge on any atom is -0.489 e. The Balaban J connectivity index is 1.56. The normalized spacial score (nSPS) is 22.8. The van der Waals surface area contributed by atoms with Crippen LogP contribution in [0, 0.1) is 11.6 Å². The van der Waals surface area contributed by atoms with Gasteiger partial charge in [0.15, 0.2) is 0 Å². The summed E-state index contributed by atoms with van der Waals surface area (Å²) < 4.78 is 34.1. The zero-order valence-electron chi connectivity index (χ0n) is 16.9. The predicted octanol–water partition coefficient (Wildman–Crippen LogP) is 6.16. The summed E-state index contributed by atoms with van der Waals surface area (Å²) in [6.45, 7) is 2.01. The van der Waals surface area contributed by atoms with Crippen molar-refractivity contribution < 1.29 is 13.5 Å². The van der Waals surface area contributed by atoms with Crippen LogP contribution in [0.3, 0.4) is 0 Å². The van der Waals surface area contributed by atoms with E-state index < -0.39 is 17.0 Å². The van der Waals surface area contributed by atoms with Crippen LogP contribution in [0.1, 0.15) is 44.6 Å². The molecule has 1 aromatic heterocycles. The van der Waals surface area contributed by atoms with Crippen molar-refractivity contribution in [3.05, 3.63) is 71.0 Å². The van der Waals surface area contributed by atoms with Gasteiger partial charge in [-0.2, -0.15) is 0 Å². The van der Waals surface area contributed by atoms with E-state index in [0.717, 1.165) is 36.1 Å². The summed E-state index contributed by atoms with van der Waals surface area (Å²) in [6, 6.07) is 9.28. The molecule has 3 aromatic rings. The number of ether oxygens (including phenoxy) is 1. The zero-order valence-corrected chi connectivity index (χ0v) is 17.6. The molecular formula is C24H25ClF2N2O. The van der Waals surface area contributed by atoms with Gasteiger partial charge >= 0.3 is 0 Å². The van der Waals surface area contributed by atoms with E-state index >= 15 is 0 Å². The quantitative estimate of drug-likeness (QED) is 0.527. The third-order valence-corrected chi connectivity index (χ3v) is 6.69. The number of nitrogens with zero attached hydrogens (tertiary/aromatic N) is 1. The summed E-state index contributed by atoms with van der Waals surface area (Å²) in [6.07, 6.45) is 7.07. The molecule has 0 bridgehead atoms. The first-order chi connectivity index (χ1) is 14.4. The molecular weight excluding hydrogens is 406 g/mol. The van der Waals surface area contributed by atoms with Gasteiger partial charge in [0.1, 0.15) is 17.4 Å². The van der Waals surface area contributed by atoms with Crippen LogP contribution in [0.25, 0.3) is 10.8 Å². The summed E-state index contributed by atoms with van der Waals surface area (Å²) >= 11 is 6.43. The number of fused-ring (bicyclic) bond motifs is 1. The second-order valence-electron chi connectivity index (χ2n) is 8.15. The number of nitrogens with two attached hydrogens (primary N) is 1. The Morgan fingerprint density at radius 2 is 1.83 bits per heavy atom. The average Bonchev–Trinajstić information content (AvgIpc) is 2.73. The van der Waals surface area contributed by atoms with Gasteiger partial charge in [-0.15, -0.1) is 0 Å². The second-order valence-corrected chi connectivity index (χ2v) is 8.56. The zero-order chi connectivity index (χ0) is 21.3. The highest BCUT2D eigenvalue weighted by Gasteiger charge is 2.42. The molecule has 2 N–H and O–H groups in total. The highest BCUT2D eigenvalue weighted by atomic mass is 35.5. The van der Waals surface area contributed by atoms with E-state index in [2.05, 4.69) is 4.98 Å². The van der Waals surface area contributed by atoms with E-state index in [1.54, 1.807) is 12.4 Å². The molecule has 3 nitrogen and oxygen atoms in total. The lowest BCUT2D eigenvalue weighted by Gasteiger charge is -2.44. The number of pyridine rings is 1. The lowest BCUT2D eigenvalue weighted by atomic mass is 9.64. The molecule has 0 saturated heterocycles. The molecule has 1 heterocycles. The van der Waals surface area contributed by atoms with E-state index in [4.69, 9.17) is 22.1 Å². The first kappa shape index (κ1) is 21.0. The summed E-state index contributed by atoms with van der Waals surface area (Å²) in [5.41, 5.74) is 6.67. The van der Waals surface area contributed by atoms with Gasteiger partial charge < -0.3 is 10.5 Å². The van der Waals surface area contributed by atoms with Crippen molar-refractivity contribution in [2.24, 2.45) is 5.73 Å². The number of rotatable bonds is 5. The number of hydrogen-bond acceptors (Lipinski definition) is 3. The van der Waals surface area contributed by atoms with Gasteiger partial charge in [0.25, 0.3) is 0 Å². The van der Waals surface area contributed by atoms with E-state index in [-0.39, 0.29) is 12.1 Å². The summed E-state index contributed by atoms with van der Waals surface area (Å²) in [4.78, 5) is 4.12. The van der Waals surface area contributed by atoms with Crippen LogP contribution in [0.4, 0.5) is 8.78 Å². The number of benzene rings is 2. The van der Waals surface area contributed by atoms with Crippen LogP contribution >= 0.6 is 11.6 Å². The largest absolute Gasteiger partial charge is 0.489 e. The Morgan fingerprint density at radius 1 is 1.13 bits per heavy atom. The Kier molecular flexibility index (Phi) is 5.94. The van der Waals surface area contributed by atoms with Crippen LogP contribution < -0.4 is 10.5 Å². The van der Waals surface area contributed by atoms with Crippen molar-refractivity contribution >= 4 is 22.4 Å². The second kappa shape index (κ2) is 8.48. The lowest BCUT2D eigenvalue weighted by Crippen LogP contribution is -2.49. The van der Waals surface area contributed by atoms with Crippen LogP contribution in [-0.2, 0) is 5.41 Å². The van der Waals surface area contributed by atoms with Gasteiger partial charge in [-0.1, -0.05) is 18.5 Å². The molecule has 1 aliphatic rings. The molecule has 0 radical (unpaired) electrons. The summed E-state index contributed by atoms with van der Waals surface area (Å²) in [5.74, 6) is -0.489. The molecule has 0 amide bonds. The maximum absolute atomic E-state index is 13.9. The molecule has 1 atom stereocenters. The van der Waals surface area contributed by atoms with Crippen molar-refractivity contribution in [2.75, 3.05) is 0 Å². The smallest absolute Gasteiger partial charge is 0.138 e. The fourth-order valence-electron chi connectivity index (χ4n) is 4.69. The molecule has 158 valence electrons. The van der Waals surface area contributed by atoms with E-state index in [0.29, 0.717) is 29.2 Å². The topological polar surface area (TPSA) is 48.1 Å². The molecule has 0 unspecified atom stereocenters. The fraction of sp³-hybridized carbons (Fsp3) is 0.375. The van der Waals surface area contributed by atoms with Crippen molar-refractivity contribution in [1.82, 2.24) is 4.98 Å². The van der Waals surface area contributed by atoms with Gasteiger partial charge in [0.05, 0.1) is 11.1 Å². The SMILES string of the molecule is CC[C@H](N)[C@]1(c2cc(F)cc(F)c2)CC[C@H](Oc2cc3ccncc3cc2Cl)CC1. The number of halogens is 3. The van der Waals surface area contributed by atoms with E-state index in [1.165, 1.54) is 12.1 Å². The van der Waals surface area contributed by atoms with Crippen molar-refractivity contribution in [3.63, 3.8) is 0 Å². The Hall–Kier alpha value is -2.24. The van der Waals surface area contributed by atoms with Crippen molar-refractivity contribution in [1.29, 1.82) is 0 Å². The number of aromatic nitrogens is 1. The molecule has 1 aliphatic carbocycles. The van der Waals surface area contributed by atoms with Crippen molar-refractivity contribution in [2.45, 2.75) is 56.6 Å². The predicted molar refractivity (Wildman–Crippen MR) is 116 cm³/mol. The summed E-state index contributed by atoms with van der Waals surface area (Å²) in [5, 5.41) is 2.52. The molecule has 1 fully saturated rings. The van der Waals surface area contributed by atoms with Crippen LogP contribution in [-0.4, -0.2) is 17.1 Å². The van der Waals surface area contributed by atoms with E-state index in [9.17, 15) is 8.78 Å². The standard InChI is InChI=1S/C24H25ClF2N2O/c1-2-23(28)24(17-11-18(26)13-19(27)12-17)6-3-20(4-7-24)30-22-10-15-5-8-29-14-16(15)9-21(22)25/h5,8-14,20,23H,2-4,6-7,28H2,1H3/t20-,23-,24+/m0/s1. The molecule has 6 heteroatoms. The first-order valence-corrected chi connectivity index (χ1v) is 10.7. The minimum atomic E-state index is -0.566. The van der Waals surface area contributed by atoms with Crippen molar-refractivity contribution in [3.8, 4) is 5.75 Å².